The van der Waals surface area contributed by atoms with Gasteiger partial charge in [0.2, 0.25) is 10.0 Å². The molecule has 0 bridgehead atoms. The van der Waals surface area contributed by atoms with Crippen LogP contribution < -0.4 is 10.2 Å². The van der Waals surface area contributed by atoms with E-state index < -0.39 is 28.2 Å². The van der Waals surface area contributed by atoms with Gasteiger partial charge in [0.15, 0.2) is 12.5 Å². The molecule has 2 aromatic rings. The van der Waals surface area contributed by atoms with Crippen LogP contribution in [-0.4, -0.2) is 73.5 Å². The van der Waals surface area contributed by atoms with Crippen molar-refractivity contribution in [3.63, 3.8) is 0 Å². The van der Waals surface area contributed by atoms with Gasteiger partial charge < -0.3 is 9.47 Å². The quantitative estimate of drug-likeness (QED) is 0.305. The number of aldehydes is 1. The molecule has 2 N–H and O–H groups in total. The summed E-state index contributed by atoms with van der Waals surface area (Å²) in [6.07, 6.45) is -0.334. The van der Waals surface area contributed by atoms with Gasteiger partial charge in [-0.15, -0.1) is 0 Å². The van der Waals surface area contributed by atoms with Gasteiger partial charge in [0, 0.05) is 31.3 Å². The largest absolute Gasteiger partial charge is 0.457 e. The molecule has 12 heteroatoms. The predicted molar refractivity (Wildman–Crippen MR) is 119 cm³/mol. The van der Waals surface area contributed by atoms with Crippen LogP contribution in [-0.2, 0) is 24.3 Å². The summed E-state index contributed by atoms with van der Waals surface area (Å²) in [5, 5.41) is 9.72. The number of piperazine rings is 1. The molecular formula is C21H24ClN3O7S. The molecule has 10 nitrogen and oxygen atoms in total. The third-order valence-electron chi connectivity index (χ3n) is 5.07. The van der Waals surface area contributed by atoms with Crippen LogP contribution in [0.5, 0.6) is 11.5 Å². The minimum absolute atomic E-state index is 0.0492. The van der Waals surface area contributed by atoms with Gasteiger partial charge in [-0.3, -0.25) is 19.7 Å². The molecule has 2 aromatic carbocycles. The van der Waals surface area contributed by atoms with Gasteiger partial charge in [0.05, 0.1) is 4.90 Å². The first-order valence-electron chi connectivity index (χ1n) is 10.1. The lowest BCUT2D eigenvalue weighted by molar-refractivity contribution is -0.143. The lowest BCUT2D eigenvalue weighted by Gasteiger charge is -2.40. The van der Waals surface area contributed by atoms with E-state index in [2.05, 4.69) is 0 Å². The predicted octanol–water partition coefficient (Wildman–Crippen LogP) is 1.87. The lowest BCUT2D eigenvalue weighted by Crippen LogP contribution is -2.62. The van der Waals surface area contributed by atoms with E-state index in [1.165, 1.54) is 29.7 Å². The Balaban J connectivity index is 1.80. The van der Waals surface area contributed by atoms with E-state index in [0.717, 1.165) is 4.31 Å². The molecule has 0 aromatic heterocycles. The van der Waals surface area contributed by atoms with Crippen LogP contribution >= 0.6 is 11.6 Å². The third kappa shape index (κ3) is 5.88. The molecule has 0 aliphatic carbocycles. The van der Waals surface area contributed by atoms with Crippen LogP contribution in [0.2, 0.25) is 5.02 Å². The van der Waals surface area contributed by atoms with Crippen LogP contribution in [0.15, 0.2) is 53.4 Å². The van der Waals surface area contributed by atoms with Crippen molar-refractivity contribution in [2.75, 3.05) is 26.2 Å². The molecule has 33 heavy (non-hydrogen) atoms. The topological polar surface area (TPSA) is 125 Å². The molecule has 0 saturated carbocycles. The second kappa shape index (κ2) is 11.1. The molecule has 1 heterocycles. The van der Waals surface area contributed by atoms with Gasteiger partial charge in [0.25, 0.3) is 5.91 Å². The molecule has 1 saturated heterocycles. The number of sulfonamides is 1. The maximum atomic E-state index is 13.3. The van der Waals surface area contributed by atoms with Gasteiger partial charge in [0.1, 0.15) is 17.5 Å². The highest BCUT2D eigenvalue weighted by molar-refractivity contribution is 7.89. The summed E-state index contributed by atoms with van der Waals surface area (Å²) in [4.78, 5) is 25.1. The fraction of sp³-hybridized carbons (Fsp3) is 0.333. The average molecular weight is 498 g/mol. The summed E-state index contributed by atoms with van der Waals surface area (Å²) >= 11 is 5.86. The molecular weight excluding hydrogens is 474 g/mol. The molecule has 3 rings (SSSR count). The highest BCUT2D eigenvalue weighted by atomic mass is 35.5. The zero-order valence-electron chi connectivity index (χ0n) is 17.8. The Morgan fingerprint density at radius 2 is 1.79 bits per heavy atom. The zero-order valence-corrected chi connectivity index (χ0v) is 19.3. The Morgan fingerprint density at radius 1 is 1.18 bits per heavy atom. The number of ether oxygens (including phenoxy) is 2. The van der Waals surface area contributed by atoms with Crippen molar-refractivity contribution in [3.8, 4) is 11.5 Å². The van der Waals surface area contributed by atoms with Crippen molar-refractivity contribution in [2.24, 2.45) is 0 Å². The van der Waals surface area contributed by atoms with E-state index in [4.69, 9.17) is 26.3 Å². The minimum Gasteiger partial charge on any atom is -0.457 e. The van der Waals surface area contributed by atoms with Crippen LogP contribution in [0.1, 0.15) is 6.92 Å². The smallest absolute Gasteiger partial charge is 0.263 e. The average Bonchev–Trinajstić information content (AvgIpc) is 2.83. The van der Waals surface area contributed by atoms with Gasteiger partial charge in [-0.05, 0) is 55.5 Å². The van der Waals surface area contributed by atoms with Gasteiger partial charge in [-0.25, -0.2) is 13.9 Å². The molecule has 0 radical (unpaired) electrons. The first-order chi connectivity index (χ1) is 15.8. The van der Waals surface area contributed by atoms with Crippen LogP contribution in [0.3, 0.4) is 0 Å². The van der Waals surface area contributed by atoms with E-state index in [-0.39, 0.29) is 31.1 Å². The fourth-order valence-electron chi connectivity index (χ4n) is 3.45. The van der Waals surface area contributed by atoms with Gasteiger partial charge in [-0.2, -0.15) is 4.31 Å². The van der Waals surface area contributed by atoms with Crippen molar-refractivity contribution in [1.82, 2.24) is 14.7 Å². The number of halogens is 1. The van der Waals surface area contributed by atoms with Crippen molar-refractivity contribution < 1.29 is 32.7 Å². The Bertz CT molecular complexity index is 1060. The number of hydroxylamine groups is 1. The fourth-order valence-corrected chi connectivity index (χ4v) is 5.15. The summed E-state index contributed by atoms with van der Waals surface area (Å²) in [5.41, 5.74) is 1.51. The number of nitrogens with one attached hydrogen (secondary N) is 1. The number of amides is 1. The first-order valence-corrected chi connectivity index (χ1v) is 11.9. The molecule has 1 aliphatic heterocycles. The Morgan fingerprint density at radius 3 is 2.33 bits per heavy atom. The van der Waals surface area contributed by atoms with E-state index in [0.29, 0.717) is 22.8 Å². The van der Waals surface area contributed by atoms with Crippen LogP contribution in [0.4, 0.5) is 0 Å². The number of benzene rings is 2. The van der Waals surface area contributed by atoms with Crippen molar-refractivity contribution in [3.05, 3.63) is 53.6 Å². The highest BCUT2D eigenvalue weighted by Gasteiger charge is 2.41. The zero-order chi connectivity index (χ0) is 24.0. The Hall–Kier alpha value is -2.54. The molecule has 1 amide bonds. The van der Waals surface area contributed by atoms with Crippen molar-refractivity contribution >= 4 is 33.8 Å². The van der Waals surface area contributed by atoms with Crippen LogP contribution in [0.25, 0.3) is 0 Å². The normalized spacial score (nSPS) is 18.5. The standard InChI is InChI=1S/C21H24ClN3O7S/c1-2-31-20(14-26)24-11-12-25(19(13-24)21(27)23-28)33(29,30)18-9-7-17(8-10-18)32-16-5-3-15(22)4-6-16/h3-10,14,19-20,28H,2,11-13H2,1H3,(H,23,27)/t19-,20?/m1/s1. The SMILES string of the molecule is CCOC(C=O)N1CCN(S(=O)(=O)c2ccc(Oc3ccc(Cl)cc3)cc2)[C@@H](C(=O)NO)C1. The number of rotatable bonds is 9. The van der Waals surface area contributed by atoms with E-state index in [9.17, 15) is 18.0 Å². The number of nitrogens with zero attached hydrogens (tertiary/aromatic N) is 2. The molecule has 1 aliphatic rings. The Kier molecular flexibility index (Phi) is 8.40. The van der Waals surface area contributed by atoms with Gasteiger partial charge >= 0.3 is 0 Å². The summed E-state index contributed by atoms with van der Waals surface area (Å²) in [6, 6.07) is 11.2. The molecule has 178 valence electrons. The Labute approximate surface area is 196 Å². The molecule has 1 fully saturated rings. The van der Waals surface area contributed by atoms with Crippen LogP contribution in [0, 0.1) is 0 Å². The van der Waals surface area contributed by atoms with Gasteiger partial charge in [-0.1, -0.05) is 11.6 Å². The number of carbonyl (C=O) groups excluding carboxylic acids is 2. The third-order valence-corrected chi connectivity index (χ3v) is 7.24. The molecule has 0 spiro atoms. The first kappa shape index (κ1) is 25.1. The second-order valence-corrected chi connectivity index (χ2v) is 9.44. The monoisotopic (exact) mass is 497 g/mol. The maximum absolute atomic E-state index is 13.3. The maximum Gasteiger partial charge on any atom is 0.263 e. The molecule has 1 unspecified atom stereocenters. The van der Waals surface area contributed by atoms with E-state index >= 15 is 0 Å². The lowest BCUT2D eigenvalue weighted by atomic mass is 10.2. The highest BCUT2D eigenvalue weighted by Crippen LogP contribution is 2.27. The van der Waals surface area contributed by atoms with E-state index in [1.54, 1.807) is 36.1 Å². The number of hydrogen-bond acceptors (Lipinski definition) is 8. The van der Waals surface area contributed by atoms with E-state index in [1.807, 2.05) is 0 Å². The number of hydrogen-bond donors (Lipinski definition) is 2. The summed E-state index contributed by atoms with van der Waals surface area (Å²) in [5.74, 6) is 0.0354. The van der Waals surface area contributed by atoms with Crippen molar-refractivity contribution in [2.45, 2.75) is 24.1 Å². The summed E-state index contributed by atoms with van der Waals surface area (Å²) in [7, 11) is -4.10. The summed E-state index contributed by atoms with van der Waals surface area (Å²) in [6.45, 7) is 1.93. The second-order valence-electron chi connectivity index (χ2n) is 7.11. The minimum atomic E-state index is -4.10. The van der Waals surface area contributed by atoms with Crippen molar-refractivity contribution in [1.29, 1.82) is 0 Å². The number of carbonyl (C=O) groups is 2. The molecule has 2 atom stereocenters. The summed E-state index contributed by atoms with van der Waals surface area (Å²) < 4.78 is 38.6.